The van der Waals surface area contributed by atoms with Crippen molar-refractivity contribution in [1.82, 2.24) is 30.6 Å². The van der Waals surface area contributed by atoms with Gasteiger partial charge in [-0.3, -0.25) is 25.4 Å². The molecular formula is C21H26N6O2. The Hall–Kier alpha value is -3.29. The van der Waals surface area contributed by atoms with Gasteiger partial charge in [-0.05, 0) is 51.8 Å². The van der Waals surface area contributed by atoms with Crippen LogP contribution in [0.3, 0.4) is 0 Å². The SMILES string of the molecule is Cc1nn(C(C)(C)C)c2nc(C(C)C)cc(C(=O)NNC(=O)c3ccccn3)c12. The van der Waals surface area contributed by atoms with Gasteiger partial charge in [-0.2, -0.15) is 5.10 Å². The first-order valence-corrected chi connectivity index (χ1v) is 9.52. The summed E-state index contributed by atoms with van der Waals surface area (Å²) in [5, 5.41) is 5.30. The zero-order valence-corrected chi connectivity index (χ0v) is 17.6. The van der Waals surface area contributed by atoms with E-state index >= 15 is 0 Å². The Balaban J connectivity index is 2.00. The molecule has 0 bridgehead atoms. The van der Waals surface area contributed by atoms with E-state index in [-0.39, 0.29) is 17.2 Å². The zero-order valence-electron chi connectivity index (χ0n) is 17.6. The number of fused-ring (bicyclic) bond motifs is 1. The van der Waals surface area contributed by atoms with E-state index < -0.39 is 11.8 Å². The lowest BCUT2D eigenvalue weighted by Crippen LogP contribution is -2.42. The molecule has 152 valence electrons. The van der Waals surface area contributed by atoms with Crippen LogP contribution < -0.4 is 10.9 Å². The smallest absolute Gasteiger partial charge is 0.267 e. The molecule has 0 radical (unpaired) electrons. The predicted molar refractivity (Wildman–Crippen MR) is 111 cm³/mol. The lowest BCUT2D eigenvalue weighted by atomic mass is 10.0. The maximum Gasteiger partial charge on any atom is 0.288 e. The summed E-state index contributed by atoms with van der Waals surface area (Å²) in [4.78, 5) is 33.9. The molecule has 8 heteroatoms. The lowest BCUT2D eigenvalue weighted by molar-refractivity contribution is 0.0844. The highest BCUT2D eigenvalue weighted by molar-refractivity contribution is 6.07. The topological polar surface area (TPSA) is 102 Å². The van der Waals surface area contributed by atoms with Crippen LogP contribution in [0.2, 0.25) is 0 Å². The van der Waals surface area contributed by atoms with Gasteiger partial charge in [-0.15, -0.1) is 0 Å². The van der Waals surface area contributed by atoms with Crippen molar-refractivity contribution in [3.05, 3.63) is 53.1 Å². The van der Waals surface area contributed by atoms with Gasteiger partial charge in [0, 0.05) is 11.9 Å². The molecule has 3 rings (SSSR count). The molecule has 2 N–H and O–H groups in total. The Bertz CT molecular complexity index is 1060. The van der Waals surface area contributed by atoms with Gasteiger partial charge in [0.05, 0.1) is 22.2 Å². The molecule has 0 saturated carbocycles. The summed E-state index contributed by atoms with van der Waals surface area (Å²) in [6.45, 7) is 12.0. The van der Waals surface area contributed by atoms with Gasteiger partial charge in [0.2, 0.25) is 0 Å². The van der Waals surface area contributed by atoms with E-state index in [0.717, 1.165) is 5.69 Å². The van der Waals surface area contributed by atoms with Crippen LogP contribution in [0, 0.1) is 6.92 Å². The van der Waals surface area contributed by atoms with Crippen molar-refractivity contribution in [2.75, 3.05) is 0 Å². The van der Waals surface area contributed by atoms with Crippen LogP contribution in [0.15, 0.2) is 30.5 Å². The fraction of sp³-hybridized carbons (Fsp3) is 0.381. The third kappa shape index (κ3) is 4.11. The predicted octanol–water partition coefficient (Wildman–Crippen LogP) is 3.09. The van der Waals surface area contributed by atoms with Crippen molar-refractivity contribution in [1.29, 1.82) is 0 Å². The normalized spacial score (nSPS) is 11.7. The minimum absolute atomic E-state index is 0.123. The highest BCUT2D eigenvalue weighted by atomic mass is 16.2. The van der Waals surface area contributed by atoms with E-state index in [9.17, 15) is 9.59 Å². The number of hydrazine groups is 1. The van der Waals surface area contributed by atoms with Crippen LogP contribution >= 0.6 is 0 Å². The first-order valence-electron chi connectivity index (χ1n) is 9.52. The maximum atomic E-state index is 13.0. The lowest BCUT2D eigenvalue weighted by Gasteiger charge is -2.20. The first-order chi connectivity index (χ1) is 13.6. The number of pyridine rings is 2. The van der Waals surface area contributed by atoms with Crippen molar-refractivity contribution < 1.29 is 9.59 Å². The largest absolute Gasteiger partial charge is 0.288 e. The van der Waals surface area contributed by atoms with E-state index in [2.05, 4.69) is 20.9 Å². The number of rotatable bonds is 3. The molecule has 8 nitrogen and oxygen atoms in total. The Labute approximate surface area is 169 Å². The standard InChI is InChI=1S/C21H26N6O2/c1-12(2)16-11-14(17-13(3)26-27(18(17)23-16)21(4,5)6)19(28)24-25-20(29)15-9-7-8-10-22-15/h7-12H,1-6H3,(H,24,28)(H,25,29). The van der Waals surface area contributed by atoms with Crippen LogP contribution in [-0.2, 0) is 5.54 Å². The number of aryl methyl sites for hydroxylation is 1. The summed E-state index contributed by atoms with van der Waals surface area (Å²) in [6.07, 6.45) is 1.52. The average molecular weight is 394 g/mol. The molecule has 0 aliphatic carbocycles. The van der Waals surface area contributed by atoms with E-state index in [1.807, 2.05) is 46.2 Å². The fourth-order valence-electron chi connectivity index (χ4n) is 2.99. The van der Waals surface area contributed by atoms with Gasteiger partial charge in [0.1, 0.15) is 5.69 Å². The second kappa shape index (κ2) is 7.62. The van der Waals surface area contributed by atoms with E-state index in [0.29, 0.717) is 22.3 Å². The fourth-order valence-corrected chi connectivity index (χ4v) is 2.99. The van der Waals surface area contributed by atoms with Gasteiger partial charge in [0.15, 0.2) is 5.65 Å². The molecule has 0 saturated heterocycles. The van der Waals surface area contributed by atoms with Crippen molar-refractivity contribution in [2.24, 2.45) is 0 Å². The zero-order chi connectivity index (χ0) is 21.3. The average Bonchev–Trinajstić information content (AvgIpc) is 3.03. The van der Waals surface area contributed by atoms with Gasteiger partial charge in [-0.1, -0.05) is 19.9 Å². The third-order valence-corrected chi connectivity index (χ3v) is 4.49. The minimum atomic E-state index is -0.490. The third-order valence-electron chi connectivity index (χ3n) is 4.49. The van der Waals surface area contributed by atoms with Crippen molar-refractivity contribution in [3.63, 3.8) is 0 Å². The van der Waals surface area contributed by atoms with Crippen molar-refractivity contribution in [2.45, 2.75) is 53.0 Å². The second-order valence-corrected chi connectivity index (χ2v) is 8.24. The molecule has 3 heterocycles. The number of hydrogen-bond acceptors (Lipinski definition) is 5. The maximum absolute atomic E-state index is 13.0. The Morgan fingerprint density at radius 3 is 2.38 bits per heavy atom. The summed E-state index contributed by atoms with van der Waals surface area (Å²) >= 11 is 0. The summed E-state index contributed by atoms with van der Waals surface area (Å²) in [5.74, 6) is -0.798. The molecule has 0 fully saturated rings. The molecular weight excluding hydrogens is 368 g/mol. The number of nitrogens with one attached hydrogen (secondary N) is 2. The number of carbonyl (C=O) groups excluding carboxylic acids is 2. The van der Waals surface area contributed by atoms with Crippen molar-refractivity contribution >= 4 is 22.8 Å². The van der Waals surface area contributed by atoms with Crippen LogP contribution in [-0.4, -0.2) is 31.6 Å². The molecule has 0 aromatic carbocycles. The molecule has 2 amide bonds. The van der Waals surface area contributed by atoms with E-state index in [1.54, 1.807) is 24.3 Å². The summed E-state index contributed by atoms with van der Waals surface area (Å²) in [5.41, 5.74) is 7.39. The summed E-state index contributed by atoms with van der Waals surface area (Å²) in [7, 11) is 0. The van der Waals surface area contributed by atoms with Gasteiger partial charge >= 0.3 is 0 Å². The number of nitrogens with zero attached hydrogens (tertiary/aromatic N) is 4. The highest BCUT2D eigenvalue weighted by Gasteiger charge is 2.25. The van der Waals surface area contributed by atoms with Crippen LogP contribution in [0.5, 0.6) is 0 Å². The molecule has 3 aromatic heterocycles. The quantitative estimate of drug-likeness (QED) is 0.665. The molecule has 0 aliphatic heterocycles. The van der Waals surface area contributed by atoms with E-state index in [1.165, 1.54) is 6.20 Å². The Morgan fingerprint density at radius 1 is 1.10 bits per heavy atom. The number of carbonyl (C=O) groups is 2. The molecule has 0 aliphatic rings. The molecule has 0 spiro atoms. The summed E-state index contributed by atoms with van der Waals surface area (Å²) in [6, 6.07) is 6.75. The minimum Gasteiger partial charge on any atom is -0.267 e. The second-order valence-electron chi connectivity index (χ2n) is 8.24. The van der Waals surface area contributed by atoms with Gasteiger partial charge in [0.25, 0.3) is 11.8 Å². The highest BCUT2D eigenvalue weighted by Crippen LogP contribution is 2.28. The van der Waals surface area contributed by atoms with Gasteiger partial charge in [-0.25, -0.2) is 9.67 Å². The van der Waals surface area contributed by atoms with Crippen molar-refractivity contribution in [3.8, 4) is 0 Å². The Kier molecular flexibility index (Phi) is 5.37. The summed E-state index contributed by atoms with van der Waals surface area (Å²) < 4.78 is 1.84. The van der Waals surface area contributed by atoms with Crippen LogP contribution in [0.4, 0.5) is 0 Å². The number of amides is 2. The number of aromatic nitrogens is 4. The molecule has 0 atom stereocenters. The number of hydrogen-bond donors (Lipinski definition) is 2. The first kappa shape index (κ1) is 20.4. The Morgan fingerprint density at radius 2 is 1.79 bits per heavy atom. The van der Waals surface area contributed by atoms with E-state index in [4.69, 9.17) is 4.98 Å². The van der Waals surface area contributed by atoms with Crippen LogP contribution in [0.25, 0.3) is 11.0 Å². The van der Waals surface area contributed by atoms with Gasteiger partial charge < -0.3 is 0 Å². The molecule has 29 heavy (non-hydrogen) atoms. The monoisotopic (exact) mass is 394 g/mol. The molecule has 0 unspecified atom stereocenters. The molecule has 3 aromatic rings. The van der Waals surface area contributed by atoms with Crippen LogP contribution in [0.1, 0.15) is 72.8 Å².